The molecule has 2 aliphatic rings. The molecule has 1 fully saturated rings. The molecule has 0 radical (unpaired) electrons. The van der Waals surface area contributed by atoms with Gasteiger partial charge >= 0.3 is 0 Å². The molecule has 1 unspecified atom stereocenters. The van der Waals surface area contributed by atoms with Crippen molar-refractivity contribution >= 4 is 35.6 Å². The lowest BCUT2D eigenvalue weighted by Gasteiger charge is -2.54. The highest BCUT2D eigenvalue weighted by Crippen LogP contribution is 2.55. The number of aromatic nitrogens is 2. The predicted octanol–water partition coefficient (Wildman–Crippen LogP) is 2.19. The highest BCUT2D eigenvalue weighted by atomic mass is 35.5. The van der Waals surface area contributed by atoms with Crippen LogP contribution in [0.4, 0.5) is 11.6 Å². The Labute approximate surface area is 145 Å². The monoisotopic (exact) mass is 353 g/mol. The van der Waals surface area contributed by atoms with Crippen molar-refractivity contribution < 1.29 is 5.11 Å². The smallest absolute Gasteiger partial charge is 0.220 e. The van der Waals surface area contributed by atoms with Crippen LogP contribution in [0.25, 0.3) is 0 Å². The third-order valence-corrected chi connectivity index (χ3v) is 4.97. The number of likely N-dealkylation sites (N-methyl/N-ethyl adjacent to an activating group) is 1. The van der Waals surface area contributed by atoms with Crippen LogP contribution in [-0.2, 0) is 5.41 Å². The number of rotatable bonds is 1. The average Bonchev–Trinajstić information content (AvgIpc) is 2.83. The first-order valence-corrected chi connectivity index (χ1v) is 7.44. The van der Waals surface area contributed by atoms with Crippen LogP contribution in [-0.4, -0.2) is 40.1 Å². The molecule has 1 saturated heterocycles. The van der Waals surface area contributed by atoms with Crippen LogP contribution < -0.4 is 11.1 Å². The van der Waals surface area contributed by atoms with Gasteiger partial charge in [-0.3, -0.25) is 4.90 Å². The number of halogens is 2. The molecule has 0 amide bonds. The molecule has 3 heterocycles. The van der Waals surface area contributed by atoms with E-state index in [0.29, 0.717) is 5.02 Å². The number of hydrogen-bond donors (Lipinski definition) is 3. The van der Waals surface area contributed by atoms with Crippen molar-refractivity contribution in [3.05, 3.63) is 40.7 Å². The summed E-state index contributed by atoms with van der Waals surface area (Å²) in [6.07, 6.45) is 1.55. The second kappa shape index (κ2) is 5.40. The van der Waals surface area contributed by atoms with Crippen LogP contribution in [0, 0.1) is 0 Å². The summed E-state index contributed by atoms with van der Waals surface area (Å²) in [7, 11) is 2.04. The Morgan fingerprint density at radius 1 is 1.48 bits per heavy atom. The fourth-order valence-electron chi connectivity index (χ4n) is 3.83. The van der Waals surface area contributed by atoms with E-state index in [1.54, 1.807) is 18.3 Å². The van der Waals surface area contributed by atoms with Gasteiger partial charge in [0.15, 0.2) is 0 Å². The Bertz CT molecular complexity index is 772. The molecule has 0 aliphatic carbocycles. The van der Waals surface area contributed by atoms with Gasteiger partial charge in [0.25, 0.3) is 0 Å². The summed E-state index contributed by atoms with van der Waals surface area (Å²) in [5, 5.41) is 13.6. The quantitative estimate of drug-likeness (QED) is 0.728. The molecule has 4 rings (SSSR count). The van der Waals surface area contributed by atoms with E-state index in [1.165, 1.54) is 5.56 Å². The van der Waals surface area contributed by atoms with E-state index in [4.69, 9.17) is 17.3 Å². The maximum absolute atomic E-state index is 9.66. The van der Waals surface area contributed by atoms with E-state index in [0.717, 1.165) is 24.5 Å². The van der Waals surface area contributed by atoms with Gasteiger partial charge in [-0.1, -0.05) is 17.7 Å². The van der Waals surface area contributed by atoms with E-state index in [-0.39, 0.29) is 35.6 Å². The van der Waals surface area contributed by atoms with E-state index >= 15 is 0 Å². The Kier molecular flexibility index (Phi) is 3.78. The molecule has 2 aliphatic heterocycles. The zero-order valence-corrected chi connectivity index (χ0v) is 14.0. The highest BCUT2D eigenvalue weighted by Gasteiger charge is 2.57. The molecule has 0 bridgehead atoms. The fourth-order valence-corrected chi connectivity index (χ4v) is 4.03. The van der Waals surface area contributed by atoms with Crippen molar-refractivity contribution in [1.82, 2.24) is 14.9 Å². The molecule has 1 aromatic carbocycles. The number of aromatic hydroxyl groups is 1. The maximum Gasteiger partial charge on any atom is 0.220 e. The molecule has 1 aromatic heterocycles. The van der Waals surface area contributed by atoms with Gasteiger partial charge < -0.3 is 16.2 Å². The summed E-state index contributed by atoms with van der Waals surface area (Å²) >= 11 is 6.32. The third kappa shape index (κ3) is 2.21. The van der Waals surface area contributed by atoms with Crippen molar-refractivity contribution in [2.45, 2.75) is 11.5 Å². The van der Waals surface area contributed by atoms with E-state index in [9.17, 15) is 5.11 Å². The molecule has 0 saturated carbocycles. The lowest BCUT2D eigenvalue weighted by Crippen LogP contribution is -2.61. The molecular weight excluding hydrogens is 337 g/mol. The van der Waals surface area contributed by atoms with E-state index < -0.39 is 0 Å². The SMILES string of the molecule is CN1CC2(CNc3cc(O)ccc32)[C@@H]1c1nc(N)ncc1Cl.Cl. The van der Waals surface area contributed by atoms with Gasteiger partial charge in [0.2, 0.25) is 5.95 Å². The summed E-state index contributed by atoms with van der Waals surface area (Å²) in [4.78, 5) is 10.5. The molecule has 8 heteroatoms. The Morgan fingerprint density at radius 3 is 3.00 bits per heavy atom. The first-order chi connectivity index (χ1) is 10.5. The predicted molar refractivity (Wildman–Crippen MR) is 92.3 cm³/mol. The molecule has 2 atom stereocenters. The van der Waals surface area contributed by atoms with E-state index in [2.05, 4.69) is 20.2 Å². The van der Waals surface area contributed by atoms with Gasteiger partial charge in [0.05, 0.1) is 23.0 Å². The molecule has 4 N–H and O–H groups in total. The van der Waals surface area contributed by atoms with Gasteiger partial charge in [-0.2, -0.15) is 0 Å². The molecule has 6 nitrogen and oxygen atoms in total. The Balaban J connectivity index is 0.00000156. The lowest BCUT2D eigenvalue weighted by atomic mass is 9.67. The minimum Gasteiger partial charge on any atom is -0.508 e. The molecule has 122 valence electrons. The fraction of sp³-hybridized carbons (Fsp3) is 0.333. The van der Waals surface area contributed by atoms with Crippen LogP contribution >= 0.6 is 24.0 Å². The number of anilines is 2. The molecule has 1 spiro atoms. The van der Waals surface area contributed by atoms with Crippen molar-refractivity contribution in [2.24, 2.45) is 0 Å². The van der Waals surface area contributed by atoms with Gasteiger partial charge in [0.1, 0.15) is 5.75 Å². The van der Waals surface area contributed by atoms with Gasteiger partial charge in [-0.25, -0.2) is 9.97 Å². The first-order valence-electron chi connectivity index (χ1n) is 7.07. The van der Waals surface area contributed by atoms with Gasteiger partial charge in [0, 0.05) is 30.3 Å². The number of fused-ring (bicyclic) bond motifs is 2. The van der Waals surface area contributed by atoms with Crippen molar-refractivity contribution in [3.63, 3.8) is 0 Å². The summed E-state index contributed by atoms with van der Waals surface area (Å²) in [5.74, 6) is 0.489. The topological polar surface area (TPSA) is 87.3 Å². The van der Waals surface area contributed by atoms with Crippen LogP contribution in [0.15, 0.2) is 24.4 Å². The standard InChI is InChI=1S/C15H16ClN5O.ClH/c1-21-7-15(6-19-11-4-8(22)2-3-9(11)15)13(21)12-10(16)5-18-14(17)20-12;/h2-5,13,19,22H,6-7H2,1H3,(H2,17,18,20);1H/t13-,15?;/m0./s1. The third-order valence-electron chi connectivity index (χ3n) is 4.68. The minimum atomic E-state index is -0.109. The number of phenols is 1. The van der Waals surface area contributed by atoms with Crippen molar-refractivity contribution in [3.8, 4) is 5.75 Å². The van der Waals surface area contributed by atoms with Gasteiger partial charge in [-0.15, -0.1) is 12.4 Å². The van der Waals surface area contributed by atoms with Crippen LogP contribution in [0.3, 0.4) is 0 Å². The zero-order chi connectivity index (χ0) is 15.5. The number of hydrogen-bond acceptors (Lipinski definition) is 6. The van der Waals surface area contributed by atoms with Crippen molar-refractivity contribution in [1.29, 1.82) is 0 Å². The number of nitrogen functional groups attached to an aromatic ring is 1. The summed E-state index contributed by atoms with van der Waals surface area (Å²) in [6, 6.07) is 5.49. The van der Waals surface area contributed by atoms with Crippen LogP contribution in [0.2, 0.25) is 5.02 Å². The molecule has 2 aromatic rings. The largest absolute Gasteiger partial charge is 0.508 e. The number of benzene rings is 1. The number of nitrogens with zero attached hydrogens (tertiary/aromatic N) is 3. The first kappa shape index (κ1) is 16.1. The minimum absolute atomic E-state index is 0. The normalized spacial score (nSPS) is 25.4. The summed E-state index contributed by atoms with van der Waals surface area (Å²) in [6.45, 7) is 1.67. The second-order valence-corrected chi connectivity index (χ2v) is 6.43. The van der Waals surface area contributed by atoms with Crippen molar-refractivity contribution in [2.75, 3.05) is 31.2 Å². The van der Waals surface area contributed by atoms with Crippen LogP contribution in [0.1, 0.15) is 17.3 Å². The van der Waals surface area contributed by atoms with Crippen LogP contribution in [0.5, 0.6) is 5.75 Å². The summed E-state index contributed by atoms with van der Waals surface area (Å²) in [5.41, 5.74) is 8.54. The Morgan fingerprint density at radius 2 is 2.26 bits per heavy atom. The zero-order valence-electron chi connectivity index (χ0n) is 12.5. The lowest BCUT2D eigenvalue weighted by molar-refractivity contribution is 0.0151. The second-order valence-electron chi connectivity index (χ2n) is 6.02. The average molecular weight is 354 g/mol. The maximum atomic E-state index is 9.66. The number of nitrogens with two attached hydrogens (primary N) is 1. The number of phenolic OH excluding ortho intramolecular Hbond substituents is 1. The number of nitrogens with one attached hydrogen (secondary N) is 1. The Hall–Kier alpha value is -1.76. The molecule has 23 heavy (non-hydrogen) atoms. The molecular formula is C15H17Cl2N5O. The number of likely N-dealkylation sites (tertiary alicyclic amines) is 1. The summed E-state index contributed by atoms with van der Waals surface area (Å²) < 4.78 is 0. The van der Waals surface area contributed by atoms with Gasteiger partial charge in [-0.05, 0) is 18.7 Å². The van der Waals surface area contributed by atoms with E-state index in [1.807, 2.05) is 13.1 Å². The highest BCUT2D eigenvalue weighted by molar-refractivity contribution is 6.31.